The molecular weight excluding hydrogens is 319 g/mol. The first kappa shape index (κ1) is 24.2. The van der Waals surface area contributed by atoms with Crippen LogP contribution in [-0.2, 0) is 37.9 Å². The molecule has 0 radical (unpaired) electrons. The zero-order chi connectivity index (χ0) is 10.7. The largest absolute Gasteiger partial charge is 3.00 e. The maximum absolute atomic E-state index is 4.62. The standard InChI is InChI=1S/3C3H8S.In/c3*1-3(2)4;/h3*3-4H,1-2H3;/q;;;+3/p-3. The summed E-state index contributed by atoms with van der Waals surface area (Å²) in [5, 5.41) is 1.25. The molecule has 0 amide bonds. The van der Waals surface area contributed by atoms with E-state index in [0.717, 1.165) is 0 Å². The van der Waals surface area contributed by atoms with E-state index in [-0.39, 0.29) is 25.8 Å². The van der Waals surface area contributed by atoms with E-state index in [9.17, 15) is 0 Å². The van der Waals surface area contributed by atoms with E-state index in [1.807, 2.05) is 41.5 Å². The average Bonchev–Trinajstić information content (AvgIpc) is 1.54. The van der Waals surface area contributed by atoms with Crippen LogP contribution >= 0.6 is 0 Å². The third kappa shape index (κ3) is 536. The minimum absolute atomic E-state index is 0. The summed E-state index contributed by atoms with van der Waals surface area (Å²) in [5.41, 5.74) is 0. The molecule has 0 aliphatic carbocycles. The molecule has 13 heavy (non-hydrogen) atoms. The fourth-order valence-corrected chi connectivity index (χ4v) is 0. The van der Waals surface area contributed by atoms with Gasteiger partial charge in [-0.3, -0.25) is 0 Å². The summed E-state index contributed by atoms with van der Waals surface area (Å²) < 4.78 is 0. The Bertz CT molecular complexity index is 43.4. The zero-order valence-electron chi connectivity index (χ0n) is 9.53. The summed E-state index contributed by atoms with van der Waals surface area (Å²) in [6.07, 6.45) is 0. The van der Waals surface area contributed by atoms with Crippen LogP contribution in [0.25, 0.3) is 0 Å². The molecule has 0 N–H and O–H groups in total. The summed E-state index contributed by atoms with van der Waals surface area (Å²) in [6.45, 7) is 11.9. The topological polar surface area (TPSA) is 0 Å². The Kier molecular flexibility index (Phi) is 36.3. The van der Waals surface area contributed by atoms with Gasteiger partial charge in [-0.2, -0.15) is 15.7 Å². The van der Waals surface area contributed by atoms with Crippen molar-refractivity contribution < 1.29 is 0 Å². The maximum atomic E-state index is 4.62. The van der Waals surface area contributed by atoms with Crippen molar-refractivity contribution in [3.8, 4) is 0 Å². The quantitative estimate of drug-likeness (QED) is 0.622. The van der Waals surface area contributed by atoms with Crippen LogP contribution in [0.15, 0.2) is 0 Å². The van der Waals surface area contributed by atoms with Crippen LogP contribution in [0.3, 0.4) is 0 Å². The van der Waals surface area contributed by atoms with Crippen molar-refractivity contribution in [3.63, 3.8) is 0 Å². The maximum Gasteiger partial charge on any atom is 3.00 e. The van der Waals surface area contributed by atoms with Gasteiger partial charge < -0.3 is 37.9 Å². The molecule has 0 aromatic heterocycles. The predicted molar refractivity (Wildman–Crippen MR) is 73.3 cm³/mol. The average molecular weight is 340 g/mol. The summed E-state index contributed by atoms with van der Waals surface area (Å²) in [4.78, 5) is 0. The molecule has 4 heteroatoms. The van der Waals surface area contributed by atoms with Gasteiger partial charge in [0.25, 0.3) is 0 Å². The van der Waals surface area contributed by atoms with Gasteiger partial charge >= 0.3 is 25.8 Å². The molecule has 0 saturated heterocycles. The monoisotopic (exact) mass is 340 g/mol. The first-order chi connectivity index (χ1) is 5.20. The van der Waals surface area contributed by atoms with E-state index in [2.05, 4.69) is 37.9 Å². The van der Waals surface area contributed by atoms with E-state index >= 15 is 0 Å². The van der Waals surface area contributed by atoms with Crippen LogP contribution in [0.4, 0.5) is 0 Å². The van der Waals surface area contributed by atoms with Gasteiger partial charge in [0, 0.05) is 0 Å². The van der Waals surface area contributed by atoms with Crippen molar-refractivity contribution in [3.05, 3.63) is 0 Å². The summed E-state index contributed by atoms with van der Waals surface area (Å²) in [5.74, 6) is 0. The van der Waals surface area contributed by atoms with Crippen molar-refractivity contribution in [1.82, 2.24) is 0 Å². The molecule has 0 aromatic rings. The van der Waals surface area contributed by atoms with Crippen molar-refractivity contribution in [1.29, 1.82) is 0 Å². The summed E-state index contributed by atoms with van der Waals surface area (Å²) >= 11 is 13.9. The van der Waals surface area contributed by atoms with E-state index in [1.54, 1.807) is 0 Å². The van der Waals surface area contributed by atoms with E-state index in [0.29, 0.717) is 15.7 Å². The van der Waals surface area contributed by atoms with Crippen LogP contribution in [0.5, 0.6) is 0 Å². The van der Waals surface area contributed by atoms with Gasteiger partial charge in [-0.05, 0) is 0 Å². The summed E-state index contributed by atoms with van der Waals surface area (Å²) in [6, 6.07) is 0. The van der Waals surface area contributed by atoms with Crippen molar-refractivity contribution in [2.45, 2.75) is 57.3 Å². The van der Waals surface area contributed by atoms with E-state index in [4.69, 9.17) is 0 Å². The van der Waals surface area contributed by atoms with Crippen molar-refractivity contribution in [2.24, 2.45) is 0 Å². The van der Waals surface area contributed by atoms with Crippen LogP contribution in [0.1, 0.15) is 41.5 Å². The molecule has 0 atom stereocenters. The van der Waals surface area contributed by atoms with E-state index in [1.165, 1.54) is 0 Å². The second-order valence-corrected chi connectivity index (χ2v) is 5.97. The predicted octanol–water partition coefficient (Wildman–Crippen LogP) is 2.44. The Balaban J connectivity index is -0.0000000450. The number of hydrogen-bond donors (Lipinski definition) is 0. The molecule has 0 nitrogen and oxygen atoms in total. The third-order valence-corrected chi connectivity index (χ3v) is 0. The van der Waals surface area contributed by atoms with E-state index < -0.39 is 0 Å². The number of hydrogen-bond acceptors (Lipinski definition) is 3. The van der Waals surface area contributed by atoms with Gasteiger partial charge in [0.1, 0.15) is 0 Å². The van der Waals surface area contributed by atoms with Crippen LogP contribution in [0, 0.1) is 0 Å². The molecule has 0 aliphatic heterocycles. The van der Waals surface area contributed by atoms with Gasteiger partial charge in [-0.15, -0.1) is 0 Å². The van der Waals surface area contributed by atoms with Gasteiger partial charge in [-0.25, -0.2) is 0 Å². The van der Waals surface area contributed by atoms with Gasteiger partial charge in [0.05, 0.1) is 0 Å². The second kappa shape index (κ2) is 19.5. The molecule has 0 saturated carbocycles. The normalized spacial score (nSPS) is 8.31. The first-order valence-corrected chi connectivity index (χ1v) is 5.59. The van der Waals surface area contributed by atoms with Gasteiger partial charge in [-0.1, -0.05) is 41.5 Å². The Morgan fingerprint density at radius 3 is 0.538 bits per heavy atom. The molecular formula is C9H21InS3. The fourth-order valence-electron chi connectivity index (χ4n) is 0. The molecule has 0 unspecified atom stereocenters. The number of rotatable bonds is 0. The van der Waals surface area contributed by atoms with Gasteiger partial charge in [0.15, 0.2) is 0 Å². The molecule has 0 rings (SSSR count). The Labute approximate surface area is 120 Å². The minimum atomic E-state index is 0. The molecule has 0 fully saturated rings. The molecule has 78 valence electrons. The molecule has 0 bridgehead atoms. The Morgan fingerprint density at radius 2 is 0.538 bits per heavy atom. The molecule has 0 aliphatic rings. The van der Waals surface area contributed by atoms with Gasteiger partial charge in [0.2, 0.25) is 0 Å². The summed E-state index contributed by atoms with van der Waals surface area (Å²) in [7, 11) is 0. The van der Waals surface area contributed by atoms with Crippen molar-refractivity contribution >= 4 is 63.7 Å². The molecule has 0 spiro atoms. The SMILES string of the molecule is CC(C)[S-].CC(C)[S-].CC(C)[S-].[In+3]. The fraction of sp³-hybridized carbons (Fsp3) is 1.00. The first-order valence-electron chi connectivity index (χ1n) is 4.17. The van der Waals surface area contributed by atoms with Crippen molar-refractivity contribution in [2.75, 3.05) is 0 Å². The molecule has 0 heterocycles. The smallest absolute Gasteiger partial charge is 0.790 e. The third-order valence-electron chi connectivity index (χ3n) is 0. The second-order valence-electron chi connectivity index (χ2n) is 3.15. The molecule has 0 aromatic carbocycles. The Hall–Kier alpha value is 1.92. The van der Waals surface area contributed by atoms with Crippen LogP contribution < -0.4 is 0 Å². The Morgan fingerprint density at radius 1 is 0.538 bits per heavy atom. The minimum Gasteiger partial charge on any atom is -0.790 e. The zero-order valence-corrected chi connectivity index (χ0v) is 15.3. The van der Waals surface area contributed by atoms with Crippen LogP contribution in [0.2, 0.25) is 0 Å². The van der Waals surface area contributed by atoms with Crippen LogP contribution in [-0.4, -0.2) is 41.6 Å².